The zero-order valence-electron chi connectivity index (χ0n) is 18.3. The van der Waals surface area contributed by atoms with Gasteiger partial charge in [0.25, 0.3) is 0 Å². The number of hydrogen-bond donors (Lipinski definition) is 0. The fourth-order valence-electron chi connectivity index (χ4n) is 3.84. The molecule has 0 saturated carbocycles. The molecule has 2 nitrogen and oxygen atoms in total. The van der Waals surface area contributed by atoms with Crippen molar-refractivity contribution in [1.82, 2.24) is 9.97 Å². The minimum atomic E-state index is -0.261. The number of rotatable bonds is 2. The predicted octanol–water partition coefficient (Wildman–Crippen LogP) is 5.82. The van der Waals surface area contributed by atoms with Crippen molar-refractivity contribution < 1.29 is 21.1 Å². The molecule has 0 aliphatic heterocycles. The van der Waals surface area contributed by atoms with Crippen LogP contribution in [0, 0.1) is 0 Å². The third kappa shape index (κ3) is 5.20. The Morgan fingerprint density at radius 2 is 0.935 bits per heavy atom. The number of benzene rings is 3. The van der Waals surface area contributed by atoms with Gasteiger partial charge in [0, 0.05) is 65.5 Å². The van der Waals surface area contributed by atoms with Crippen LogP contribution < -0.4 is 10.6 Å². The molecule has 2 heterocycles. The second kappa shape index (κ2) is 10.7. The minimum absolute atomic E-state index is 0. The molecule has 0 saturated heterocycles. The maximum absolute atomic E-state index is 4.52. The third-order valence-electron chi connectivity index (χ3n) is 5.33. The van der Waals surface area contributed by atoms with Crippen LogP contribution in [0.25, 0.3) is 32.6 Å². The van der Waals surface area contributed by atoms with Crippen molar-refractivity contribution in [3.05, 3.63) is 85.2 Å². The Hall–Kier alpha value is -1.71. The molecule has 0 bridgehead atoms. The third-order valence-corrected chi connectivity index (χ3v) is 8.61. The quantitative estimate of drug-likeness (QED) is 0.183. The second-order valence-electron chi connectivity index (χ2n) is 7.93. The molecule has 0 radical (unpaired) electrons. The van der Waals surface area contributed by atoms with Crippen molar-refractivity contribution in [2.75, 3.05) is 26.7 Å². The first kappa shape index (κ1) is 23.9. The normalized spacial score (nSPS) is 10.9. The number of fused-ring (bicyclic) bond motifs is 5. The van der Waals surface area contributed by atoms with E-state index in [0.29, 0.717) is 0 Å². The molecule has 2 aromatic heterocycles. The van der Waals surface area contributed by atoms with Gasteiger partial charge in [-0.1, -0.05) is 48.5 Å². The summed E-state index contributed by atoms with van der Waals surface area (Å²) in [7, 11) is -0.522. The molecule has 0 unspecified atom stereocenters. The van der Waals surface area contributed by atoms with Gasteiger partial charge in [0.2, 0.25) is 0 Å². The van der Waals surface area contributed by atoms with Crippen LogP contribution in [0.1, 0.15) is 0 Å². The van der Waals surface area contributed by atoms with E-state index in [4.69, 9.17) is 0 Å². The molecule has 5 rings (SSSR count). The average molecular weight is 626 g/mol. The van der Waals surface area contributed by atoms with Gasteiger partial charge in [-0.2, -0.15) is 0 Å². The van der Waals surface area contributed by atoms with Gasteiger partial charge < -0.3 is 0 Å². The SMILES string of the molecule is C[PH+](C)c1ccccc1[PH+](C)C.[Pt].c1cnc2c(c1)ccc1ccc3cccnc3c12. The Kier molecular flexibility index (Phi) is 8.29. The Morgan fingerprint density at radius 3 is 1.35 bits per heavy atom. The van der Waals surface area contributed by atoms with Gasteiger partial charge >= 0.3 is 0 Å². The van der Waals surface area contributed by atoms with Gasteiger partial charge in [0.05, 0.1) is 37.7 Å². The van der Waals surface area contributed by atoms with Crippen molar-refractivity contribution in [3.63, 3.8) is 0 Å². The number of hydrogen-bond acceptors (Lipinski definition) is 2. The molecule has 3 aromatic carbocycles. The molecule has 5 aromatic rings. The molecule has 0 aliphatic rings. The number of aromatic nitrogens is 2. The maximum Gasteiger partial charge on any atom is 0.132 e. The largest absolute Gasteiger partial charge is 0.256 e. The van der Waals surface area contributed by atoms with E-state index in [9.17, 15) is 0 Å². The Labute approximate surface area is 201 Å². The van der Waals surface area contributed by atoms with Gasteiger partial charge in [-0.05, 0) is 29.7 Å². The van der Waals surface area contributed by atoms with Crippen molar-refractivity contribution in [2.24, 2.45) is 0 Å². The van der Waals surface area contributed by atoms with E-state index in [0.717, 1.165) is 27.2 Å². The molecular weight excluding hydrogens is 597 g/mol. The molecule has 160 valence electrons. The van der Waals surface area contributed by atoms with Crippen LogP contribution in [0.15, 0.2) is 85.2 Å². The Balaban J connectivity index is 0.000000185. The standard InChI is InChI=1S/C16H10N2.C10H16P2.Pt/c1-3-12-7-5-11-6-8-13-4-2-10-18-16(13)14(11)15(12)17-9-1;1-11(2)9-7-5-6-8-10(9)12(3)4;/h1-10H;5-8H,1-4H3;/p+2. The topological polar surface area (TPSA) is 25.8 Å². The van der Waals surface area contributed by atoms with Crippen LogP contribution in [-0.4, -0.2) is 36.6 Å². The number of nitrogens with zero attached hydrogens (tertiary/aromatic N) is 2. The van der Waals surface area contributed by atoms with Gasteiger partial charge in [-0.25, -0.2) is 0 Å². The maximum atomic E-state index is 4.52. The first-order valence-electron chi connectivity index (χ1n) is 10.3. The van der Waals surface area contributed by atoms with E-state index < -0.39 is 0 Å². The van der Waals surface area contributed by atoms with Crippen molar-refractivity contribution >= 4 is 59.0 Å². The molecular formula is C26H28N2P2Pt+2. The summed E-state index contributed by atoms with van der Waals surface area (Å²) in [5.74, 6) is 0. The summed E-state index contributed by atoms with van der Waals surface area (Å²) < 4.78 is 0. The van der Waals surface area contributed by atoms with Gasteiger partial charge in [0.15, 0.2) is 0 Å². The van der Waals surface area contributed by atoms with Crippen LogP contribution >= 0.6 is 15.8 Å². The van der Waals surface area contributed by atoms with E-state index in [1.807, 2.05) is 24.5 Å². The van der Waals surface area contributed by atoms with Crippen molar-refractivity contribution in [1.29, 1.82) is 0 Å². The van der Waals surface area contributed by atoms with E-state index in [1.54, 1.807) is 10.6 Å². The summed E-state index contributed by atoms with van der Waals surface area (Å²) in [6, 6.07) is 25.5. The number of pyridine rings is 2. The van der Waals surface area contributed by atoms with Gasteiger partial charge in [-0.15, -0.1) is 0 Å². The second-order valence-corrected chi connectivity index (χ2v) is 13.0. The van der Waals surface area contributed by atoms with E-state index >= 15 is 0 Å². The first-order chi connectivity index (χ1) is 14.6. The van der Waals surface area contributed by atoms with Crippen LogP contribution in [0.2, 0.25) is 0 Å². The minimum Gasteiger partial charge on any atom is -0.256 e. The predicted molar refractivity (Wildman–Crippen MR) is 141 cm³/mol. The molecule has 0 N–H and O–H groups in total. The fourth-order valence-corrected chi connectivity index (χ4v) is 7.45. The Bertz CT molecular complexity index is 1220. The summed E-state index contributed by atoms with van der Waals surface area (Å²) in [5, 5.41) is 7.92. The molecule has 0 aliphatic carbocycles. The molecule has 31 heavy (non-hydrogen) atoms. The van der Waals surface area contributed by atoms with E-state index in [1.165, 1.54) is 5.39 Å². The summed E-state index contributed by atoms with van der Waals surface area (Å²) in [4.78, 5) is 9.04. The summed E-state index contributed by atoms with van der Waals surface area (Å²) in [5.41, 5.74) is 2.05. The van der Waals surface area contributed by atoms with Crippen LogP contribution in [0.3, 0.4) is 0 Å². The van der Waals surface area contributed by atoms with Crippen LogP contribution in [0.5, 0.6) is 0 Å². The van der Waals surface area contributed by atoms with E-state index in [2.05, 4.69) is 97.3 Å². The summed E-state index contributed by atoms with van der Waals surface area (Å²) in [6.07, 6.45) is 3.67. The fraction of sp³-hybridized carbons (Fsp3) is 0.154. The molecule has 0 atom stereocenters. The van der Waals surface area contributed by atoms with E-state index in [-0.39, 0.29) is 36.9 Å². The molecule has 5 heteroatoms. The van der Waals surface area contributed by atoms with Crippen LogP contribution in [-0.2, 0) is 21.1 Å². The summed E-state index contributed by atoms with van der Waals surface area (Å²) >= 11 is 0. The molecule has 0 spiro atoms. The van der Waals surface area contributed by atoms with Crippen LogP contribution in [0.4, 0.5) is 0 Å². The molecule has 0 fully saturated rings. The van der Waals surface area contributed by atoms with Crippen molar-refractivity contribution in [3.8, 4) is 0 Å². The van der Waals surface area contributed by atoms with Crippen molar-refractivity contribution in [2.45, 2.75) is 0 Å². The van der Waals surface area contributed by atoms with Gasteiger partial charge in [-0.3, -0.25) is 9.97 Å². The average Bonchev–Trinajstić information content (AvgIpc) is 2.79. The molecule has 0 amide bonds. The monoisotopic (exact) mass is 625 g/mol. The Morgan fingerprint density at radius 1 is 0.516 bits per heavy atom. The summed E-state index contributed by atoms with van der Waals surface area (Å²) in [6.45, 7) is 9.48. The zero-order valence-corrected chi connectivity index (χ0v) is 22.6. The smallest absolute Gasteiger partial charge is 0.132 e. The first-order valence-corrected chi connectivity index (χ1v) is 15.3. The van der Waals surface area contributed by atoms with Gasteiger partial charge in [0.1, 0.15) is 10.6 Å². The zero-order chi connectivity index (χ0) is 21.1.